The molecule has 0 fully saturated rings. The molecule has 0 saturated carbocycles. The van der Waals surface area contributed by atoms with Gasteiger partial charge in [0, 0.05) is 11.1 Å². The smallest absolute Gasteiger partial charge is 0.416 e. The molecule has 34 heavy (non-hydrogen) atoms. The van der Waals surface area contributed by atoms with Gasteiger partial charge in [-0.1, -0.05) is 24.3 Å². The van der Waals surface area contributed by atoms with E-state index in [1.807, 2.05) is 0 Å². The van der Waals surface area contributed by atoms with Crippen LogP contribution in [-0.2, 0) is 21.8 Å². The van der Waals surface area contributed by atoms with E-state index in [1.165, 1.54) is 0 Å². The Morgan fingerprint density at radius 1 is 0.647 bits per heavy atom. The van der Waals surface area contributed by atoms with Gasteiger partial charge in [0.2, 0.25) is 0 Å². The highest BCUT2D eigenvalue weighted by Gasteiger charge is 2.32. The molecule has 1 heterocycles. The Bertz CT molecular complexity index is 1180. The molecule has 0 bridgehead atoms. The summed E-state index contributed by atoms with van der Waals surface area (Å²) >= 11 is 0. The van der Waals surface area contributed by atoms with Gasteiger partial charge in [-0.25, -0.2) is 19.6 Å². The summed E-state index contributed by atoms with van der Waals surface area (Å²) in [7, 11) is 2.02. The Labute approximate surface area is 188 Å². The maximum atomic E-state index is 12.9. The molecule has 0 saturated heterocycles. The van der Waals surface area contributed by atoms with Crippen molar-refractivity contribution in [1.29, 1.82) is 0 Å². The van der Waals surface area contributed by atoms with Gasteiger partial charge < -0.3 is 9.47 Å². The van der Waals surface area contributed by atoms with Crippen LogP contribution in [0.1, 0.15) is 32.1 Å². The van der Waals surface area contributed by atoms with Crippen LogP contribution in [0.25, 0.3) is 22.5 Å². The van der Waals surface area contributed by atoms with Gasteiger partial charge >= 0.3 is 24.3 Å². The molecule has 0 aliphatic rings. The van der Waals surface area contributed by atoms with E-state index < -0.39 is 46.8 Å². The fourth-order valence-electron chi connectivity index (χ4n) is 2.99. The molecule has 0 amide bonds. The third-order valence-corrected chi connectivity index (χ3v) is 4.64. The molecule has 0 radical (unpaired) electrons. The van der Waals surface area contributed by atoms with Gasteiger partial charge in [0.05, 0.1) is 25.3 Å². The molecule has 2 aromatic carbocycles. The van der Waals surface area contributed by atoms with Crippen molar-refractivity contribution in [2.24, 2.45) is 0 Å². The van der Waals surface area contributed by atoms with E-state index in [9.17, 15) is 35.9 Å². The highest BCUT2D eigenvalue weighted by atomic mass is 19.4. The minimum absolute atomic E-state index is 0.0206. The lowest BCUT2D eigenvalue weighted by atomic mass is 9.99. The normalized spacial score (nSPS) is 11.8. The number of aromatic nitrogens is 2. The summed E-state index contributed by atoms with van der Waals surface area (Å²) < 4.78 is 86.8. The molecule has 1 aromatic heterocycles. The number of nitrogens with zero attached hydrogens (tertiary/aromatic N) is 2. The molecule has 12 heteroatoms. The Balaban J connectivity index is 2.25. The van der Waals surface area contributed by atoms with Gasteiger partial charge in [0.25, 0.3) is 0 Å². The second-order valence-corrected chi connectivity index (χ2v) is 6.75. The number of alkyl halides is 6. The highest BCUT2D eigenvalue weighted by molar-refractivity contribution is 6.04. The average molecular weight is 484 g/mol. The van der Waals surface area contributed by atoms with Gasteiger partial charge in [-0.3, -0.25) is 0 Å². The fraction of sp³-hybridized carbons (Fsp3) is 0.182. The van der Waals surface area contributed by atoms with Crippen molar-refractivity contribution >= 4 is 11.9 Å². The van der Waals surface area contributed by atoms with Crippen molar-refractivity contribution in [3.63, 3.8) is 0 Å². The van der Waals surface area contributed by atoms with Crippen LogP contribution >= 0.6 is 0 Å². The topological polar surface area (TPSA) is 78.4 Å². The molecular formula is C22H14F6N2O4. The second-order valence-electron chi connectivity index (χ2n) is 6.75. The fourth-order valence-corrected chi connectivity index (χ4v) is 2.99. The quantitative estimate of drug-likeness (QED) is 0.364. The molecule has 6 nitrogen and oxygen atoms in total. The number of benzene rings is 2. The summed E-state index contributed by atoms with van der Waals surface area (Å²) in [6, 6.07) is 7.10. The monoisotopic (exact) mass is 484 g/mol. The summed E-state index contributed by atoms with van der Waals surface area (Å²) in [5, 5.41) is 0. The minimum atomic E-state index is -4.63. The maximum Gasteiger partial charge on any atom is 0.416 e. The molecular weight excluding hydrogens is 470 g/mol. The van der Waals surface area contributed by atoms with Gasteiger partial charge in [0.1, 0.15) is 0 Å². The summed E-state index contributed by atoms with van der Waals surface area (Å²) in [6.45, 7) is 0. The molecule has 178 valence electrons. The van der Waals surface area contributed by atoms with Crippen LogP contribution in [-0.4, -0.2) is 36.1 Å². The van der Waals surface area contributed by atoms with E-state index in [2.05, 4.69) is 19.4 Å². The van der Waals surface area contributed by atoms with Crippen molar-refractivity contribution in [2.45, 2.75) is 12.4 Å². The number of methoxy groups -OCH3 is 2. The van der Waals surface area contributed by atoms with E-state index >= 15 is 0 Å². The molecule has 0 unspecified atom stereocenters. The number of ether oxygens (including phenoxy) is 2. The molecule has 3 rings (SSSR count). The maximum absolute atomic E-state index is 12.9. The third kappa shape index (κ3) is 5.00. The number of esters is 2. The van der Waals surface area contributed by atoms with E-state index in [4.69, 9.17) is 0 Å². The van der Waals surface area contributed by atoms with Crippen molar-refractivity contribution in [2.75, 3.05) is 14.2 Å². The Kier molecular flexibility index (Phi) is 6.62. The summed E-state index contributed by atoms with van der Waals surface area (Å²) in [5.41, 5.74) is -3.16. The van der Waals surface area contributed by atoms with E-state index in [0.29, 0.717) is 0 Å². The highest BCUT2D eigenvalue weighted by Crippen LogP contribution is 2.35. The number of carbonyl (C=O) groups is 2. The van der Waals surface area contributed by atoms with Gasteiger partial charge in [-0.2, -0.15) is 26.3 Å². The zero-order valence-electron chi connectivity index (χ0n) is 17.4. The Morgan fingerprint density at radius 2 is 1.00 bits per heavy atom. The van der Waals surface area contributed by atoms with Crippen LogP contribution in [0.4, 0.5) is 26.3 Å². The molecule has 0 aliphatic carbocycles. The first kappa shape index (κ1) is 24.7. The lowest BCUT2D eigenvalue weighted by Gasteiger charge is -2.15. The standard InChI is InChI=1S/C22H14F6N2O4/c1-33-19(31)16-15(11-3-7-13(8-4-11)21(23,24)25)17(20(32)34-2)30-18(29-16)12-5-9-14(10-6-12)22(26,27)28/h3-10H,1-2H3. The summed E-state index contributed by atoms with van der Waals surface area (Å²) in [6.07, 6.45) is -9.22. The lowest BCUT2D eigenvalue weighted by molar-refractivity contribution is -0.138. The van der Waals surface area contributed by atoms with E-state index in [1.54, 1.807) is 0 Å². The van der Waals surface area contributed by atoms with Crippen LogP contribution in [0.3, 0.4) is 0 Å². The number of carbonyl (C=O) groups excluding carboxylic acids is 2. The molecule has 0 N–H and O–H groups in total. The van der Waals surface area contributed by atoms with Gasteiger partial charge in [-0.15, -0.1) is 0 Å². The average Bonchev–Trinajstić information content (AvgIpc) is 2.81. The predicted octanol–water partition coefficient (Wildman–Crippen LogP) is 5.42. The third-order valence-electron chi connectivity index (χ3n) is 4.64. The van der Waals surface area contributed by atoms with Crippen LogP contribution in [0, 0.1) is 0 Å². The van der Waals surface area contributed by atoms with E-state index in [-0.39, 0.29) is 22.5 Å². The molecule has 0 spiro atoms. The summed E-state index contributed by atoms with van der Waals surface area (Å²) in [5.74, 6) is -2.42. The van der Waals surface area contributed by atoms with Crippen molar-refractivity contribution in [1.82, 2.24) is 9.97 Å². The first-order chi connectivity index (χ1) is 15.9. The number of hydrogen-bond acceptors (Lipinski definition) is 6. The lowest BCUT2D eigenvalue weighted by Crippen LogP contribution is -2.16. The van der Waals surface area contributed by atoms with Crippen molar-refractivity contribution in [3.05, 3.63) is 71.0 Å². The van der Waals surface area contributed by atoms with Crippen LogP contribution in [0.15, 0.2) is 48.5 Å². The van der Waals surface area contributed by atoms with Crippen molar-refractivity contribution < 1.29 is 45.4 Å². The first-order valence-electron chi connectivity index (χ1n) is 9.30. The SMILES string of the molecule is COC(=O)c1nc(-c2ccc(C(F)(F)F)cc2)nc(C(=O)OC)c1-c1ccc(C(F)(F)F)cc1. The van der Waals surface area contributed by atoms with Crippen LogP contribution < -0.4 is 0 Å². The summed E-state index contributed by atoms with van der Waals surface area (Å²) in [4.78, 5) is 33.0. The largest absolute Gasteiger partial charge is 0.464 e. The minimum Gasteiger partial charge on any atom is -0.464 e. The first-order valence-corrected chi connectivity index (χ1v) is 9.30. The molecule has 0 aliphatic heterocycles. The number of halogens is 6. The van der Waals surface area contributed by atoms with Crippen LogP contribution in [0.5, 0.6) is 0 Å². The Morgan fingerprint density at radius 3 is 1.32 bits per heavy atom. The van der Waals surface area contributed by atoms with E-state index in [0.717, 1.165) is 62.8 Å². The number of rotatable bonds is 4. The van der Waals surface area contributed by atoms with Gasteiger partial charge in [0.15, 0.2) is 17.2 Å². The number of hydrogen-bond donors (Lipinski definition) is 0. The molecule has 0 atom stereocenters. The van der Waals surface area contributed by atoms with Crippen molar-refractivity contribution in [3.8, 4) is 22.5 Å². The predicted molar refractivity (Wildman–Crippen MR) is 106 cm³/mol. The van der Waals surface area contributed by atoms with Gasteiger partial charge in [-0.05, 0) is 29.8 Å². The Hall–Kier alpha value is -3.96. The second kappa shape index (κ2) is 9.12. The zero-order chi connectivity index (χ0) is 25.3. The zero-order valence-corrected chi connectivity index (χ0v) is 17.4. The molecule has 3 aromatic rings. The van der Waals surface area contributed by atoms with Crippen LogP contribution in [0.2, 0.25) is 0 Å².